The van der Waals surface area contributed by atoms with Gasteiger partial charge in [-0.05, 0) is 89.5 Å². The van der Waals surface area contributed by atoms with Gasteiger partial charge in [0, 0.05) is 63.6 Å². The molecule has 2 heterocycles. The summed E-state index contributed by atoms with van der Waals surface area (Å²) in [6.45, 7) is 17.4. The molecule has 0 unspecified atom stereocenters. The highest BCUT2D eigenvalue weighted by Crippen LogP contribution is 2.34. The van der Waals surface area contributed by atoms with E-state index >= 15 is 0 Å². The number of amides is 3. The number of rotatable bonds is 9. The van der Waals surface area contributed by atoms with Gasteiger partial charge in [0.05, 0.1) is 5.92 Å². The Labute approximate surface area is 281 Å². The van der Waals surface area contributed by atoms with Crippen molar-refractivity contribution in [3.05, 3.63) is 59.7 Å². The molecule has 9 heteroatoms. The zero-order chi connectivity index (χ0) is 33.9. The summed E-state index contributed by atoms with van der Waals surface area (Å²) in [6, 6.07) is 16.9. The highest BCUT2D eigenvalue weighted by Gasteiger charge is 2.39. The molecule has 0 spiro atoms. The second-order valence-electron chi connectivity index (χ2n) is 15.3. The van der Waals surface area contributed by atoms with Crippen LogP contribution >= 0.6 is 0 Å². The number of benzene rings is 2. The molecule has 2 aromatic rings. The van der Waals surface area contributed by atoms with Crippen LogP contribution in [0.2, 0.25) is 0 Å². The molecule has 3 amide bonds. The SMILES string of the molecule is CC(C)c1cccc(CN(C(=O)[C@@H]2CCCN(c3cccc(OC(C)(C)C(=O)N4CCN(C(=O)OC(C)(C)C)CC4)c3)C2)C2CC2)c1. The van der Waals surface area contributed by atoms with E-state index in [1.54, 1.807) is 23.6 Å². The van der Waals surface area contributed by atoms with Gasteiger partial charge in [-0.2, -0.15) is 0 Å². The van der Waals surface area contributed by atoms with Gasteiger partial charge < -0.3 is 29.1 Å². The van der Waals surface area contributed by atoms with Gasteiger partial charge in [-0.1, -0.05) is 44.2 Å². The van der Waals surface area contributed by atoms with E-state index in [0.29, 0.717) is 57.0 Å². The summed E-state index contributed by atoms with van der Waals surface area (Å²) in [5, 5.41) is 0. The average molecular weight is 647 g/mol. The van der Waals surface area contributed by atoms with Crippen LogP contribution < -0.4 is 9.64 Å². The lowest BCUT2D eigenvalue weighted by atomic mass is 9.95. The second kappa shape index (κ2) is 14.2. The predicted octanol–water partition coefficient (Wildman–Crippen LogP) is 6.45. The maximum atomic E-state index is 14.0. The van der Waals surface area contributed by atoms with Crippen LogP contribution in [0.25, 0.3) is 0 Å². The lowest BCUT2D eigenvalue weighted by Crippen LogP contribution is -2.57. The van der Waals surface area contributed by atoms with Crippen LogP contribution in [-0.4, -0.2) is 89.1 Å². The number of piperidine rings is 1. The van der Waals surface area contributed by atoms with Crippen LogP contribution in [-0.2, 0) is 20.9 Å². The van der Waals surface area contributed by atoms with Crippen molar-refractivity contribution in [2.45, 2.75) is 104 Å². The van der Waals surface area contributed by atoms with Gasteiger partial charge in [0.25, 0.3) is 5.91 Å². The van der Waals surface area contributed by atoms with Crippen molar-refractivity contribution in [1.29, 1.82) is 0 Å². The Morgan fingerprint density at radius 2 is 1.55 bits per heavy atom. The number of carbonyl (C=O) groups is 3. The normalized spacial score (nSPS) is 19.1. The van der Waals surface area contributed by atoms with Crippen molar-refractivity contribution >= 4 is 23.6 Å². The smallest absolute Gasteiger partial charge is 0.410 e. The number of ether oxygens (including phenoxy) is 2. The second-order valence-corrected chi connectivity index (χ2v) is 15.3. The van der Waals surface area contributed by atoms with E-state index in [-0.39, 0.29) is 23.8 Å². The third-order valence-electron chi connectivity index (χ3n) is 9.30. The van der Waals surface area contributed by atoms with Gasteiger partial charge in [0.15, 0.2) is 5.60 Å². The number of piperazine rings is 1. The first-order chi connectivity index (χ1) is 22.2. The molecule has 5 rings (SSSR count). The molecule has 256 valence electrons. The highest BCUT2D eigenvalue weighted by molar-refractivity contribution is 5.85. The summed E-state index contributed by atoms with van der Waals surface area (Å²) in [5.74, 6) is 1.16. The minimum absolute atomic E-state index is 0.0560. The monoisotopic (exact) mass is 646 g/mol. The summed E-state index contributed by atoms with van der Waals surface area (Å²) in [6.07, 6.45) is 3.65. The minimum atomic E-state index is -1.09. The fraction of sp³-hybridized carbons (Fsp3) is 0.605. The maximum Gasteiger partial charge on any atom is 0.410 e. The molecule has 0 N–H and O–H groups in total. The zero-order valence-electron chi connectivity index (χ0n) is 29.5. The van der Waals surface area contributed by atoms with Crippen molar-refractivity contribution in [3.63, 3.8) is 0 Å². The number of anilines is 1. The standard InChI is InChI=1S/C38H54N4O5/c1-27(2)29-12-8-11-28(23-29)25-42(31-16-17-31)34(43)30-13-10-18-41(26-30)32-14-9-15-33(24-32)46-38(6,7)35(44)39-19-21-40(22-20-39)36(45)47-37(3,4)5/h8-9,11-12,14-15,23-24,27,30-31H,10,13,16-22,25-26H2,1-7H3/t30-/m1/s1. The lowest BCUT2D eigenvalue weighted by molar-refractivity contribution is -0.147. The van der Waals surface area contributed by atoms with Gasteiger partial charge in [-0.3, -0.25) is 9.59 Å². The molecule has 3 fully saturated rings. The molecule has 47 heavy (non-hydrogen) atoms. The zero-order valence-corrected chi connectivity index (χ0v) is 29.5. The highest BCUT2D eigenvalue weighted by atomic mass is 16.6. The first kappa shape index (κ1) is 34.6. The van der Waals surface area contributed by atoms with E-state index in [9.17, 15) is 14.4 Å². The summed E-state index contributed by atoms with van der Waals surface area (Å²) < 4.78 is 11.8. The van der Waals surface area contributed by atoms with Crippen molar-refractivity contribution in [1.82, 2.24) is 14.7 Å². The largest absolute Gasteiger partial charge is 0.478 e. The molecule has 9 nitrogen and oxygen atoms in total. The molecule has 3 aliphatic rings. The van der Waals surface area contributed by atoms with Crippen molar-refractivity contribution in [3.8, 4) is 5.75 Å². The summed E-state index contributed by atoms with van der Waals surface area (Å²) in [7, 11) is 0. The average Bonchev–Trinajstić information content (AvgIpc) is 3.88. The van der Waals surface area contributed by atoms with Gasteiger partial charge in [0.2, 0.25) is 5.91 Å². The molecule has 1 aliphatic carbocycles. The predicted molar refractivity (Wildman–Crippen MR) is 185 cm³/mol. The molecule has 0 aromatic heterocycles. The van der Waals surface area contributed by atoms with Crippen LogP contribution in [0.3, 0.4) is 0 Å². The molecule has 2 saturated heterocycles. The van der Waals surface area contributed by atoms with Gasteiger partial charge in [-0.25, -0.2) is 4.79 Å². The van der Waals surface area contributed by atoms with Crippen LogP contribution in [0.4, 0.5) is 10.5 Å². The first-order valence-electron chi connectivity index (χ1n) is 17.4. The van der Waals surface area contributed by atoms with E-state index in [4.69, 9.17) is 9.47 Å². The maximum absolute atomic E-state index is 14.0. The first-order valence-corrected chi connectivity index (χ1v) is 17.4. The van der Waals surface area contributed by atoms with Gasteiger partial charge >= 0.3 is 6.09 Å². The molecule has 1 atom stereocenters. The Kier molecular flexibility index (Phi) is 10.4. The Bertz CT molecular complexity index is 1420. The number of hydrogen-bond acceptors (Lipinski definition) is 6. The van der Waals surface area contributed by atoms with Gasteiger partial charge in [-0.15, -0.1) is 0 Å². The van der Waals surface area contributed by atoms with E-state index < -0.39 is 11.2 Å². The fourth-order valence-corrected chi connectivity index (χ4v) is 6.55. The topological polar surface area (TPSA) is 82.6 Å². The summed E-state index contributed by atoms with van der Waals surface area (Å²) in [5.41, 5.74) is 1.86. The molecule has 1 saturated carbocycles. The van der Waals surface area contributed by atoms with Crippen molar-refractivity contribution in [2.75, 3.05) is 44.2 Å². The third-order valence-corrected chi connectivity index (χ3v) is 9.30. The molecule has 0 bridgehead atoms. The van der Waals surface area contributed by atoms with Gasteiger partial charge in [0.1, 0.15) is 11.4 Å². The van der Waals surface area contributed by atoms with E-state index in [2.05, 4.69) is 54.0 Å². The van der Waals surface area contributed by atoms with Crippen molar-refractivity contribution in [2.24, 2.45) is 5.92 Å². The molecule has 2 aliphatic heterocycles. The third kappa shape index (κ3) is 8.99. The Balaban J connectivity index is 1.19. The van der Waals surface area contributed by atoms with E-state index in [1.165, 1.54) is 11.1 Å². The molecular formula is C38H54N4O5. The summed E-state index contributed by atoms with van der Waals surface area (Å²) in [4.78, 5) is 47.8. The van der Waals surface area contributed by atoms with Crippen LogP contribution in [0.5, 0.6) is 5.75 Å². The van der Waals surface area contributed by atoms with Crippen LogP contribution in [0, 0.1) is 5.92 Å². The Morgan fingerprint density at radius 3 is 2.21 bits per heavy atom. The minimum Gasteiger partial charge on any atom is -0.478 e. The lowest BCUT2D eigenvalue weighted by Gasteiger charge is -2.39. The molecule has 0 radical (unpaired) electrons. The molecular weight excluding hydrogens is 592 g/mol. The Morgan fingerprint density at radius 1 is 0.872 bits per heavy atom. The number of nitrogens with zero attached hydrogens (tertiary/aromatic N) is 4. The fourth-order valence-electron chi connectivity index (χ4n) is 6.55. The van der Waals surface area contributed by atoms with E-state index in [1.807, 2.05) is 39.0 Å². The van der Waals surface area contributed by atoms with Crippen LogP contribution in [0.15, 0.2) is 48.5 Å². The summed E-state index contributed by atoms with van der Waals surface area (Å²) >= 11 is 0. The quantitative estimate of drug-likeness (QED) is 0.311. The Hall–Kier alpha value is -3.75. The number of carbonyl (C=O) groups excluding carboxylic acids is 3. The molecule has 2 aromatic carbocycles. The van der Waals surface area contributed by atoms with Crippen LogP contribution in [0.1, 0.15) is 91.2 Å². The van der Waals surface area contributed by atoms with E-state index in [0.717, 1.165) is 37.9 Å². The van der Waals surface area contributed by atoms with Crippen molar-refractivity contribution < 1.29 is 23.9 Å². The number of hydrogen-bond donors (Lipinski definition) is 0.